The van der Waals surface area contributed by atoms with Gasteiger partial charge in [-0.1, -0.05) is 60.7 Å². The Balaban J connectivity index is 1.22. The van der Waals surface area contributed by atoms with Crippen LogP contribution in [0.4, 0.5) is 0 Å². The summed E-state index contributed by atoms with van der Waals surface area (Å²) in [7, 11) is 0. The minimum atomic E-state index is -0.441. The summed E-state index contributed by atoms with van der Waals surface area (Å²) < 4.78 is 4.30. The van der Waals surface area contributed by atoms with Gasteiger partial charge in [-0.2, -0.15) is 0 Å². The average Bonchev–Trinajstić information content (AvgIpc) is 3.77. The van der Waals surface area contributed by atoms with Crippen molar-refractivity contribution < 1.29 is 0 Å². The number of hydrogen-bond acceptors (Lipinski definition) is 0. The molecule has 12 aromatic carbocycles. The van der Waals surface area contributed by atoms with Crippen molar-refractivity contribution in [2.24, 2.45) is 0 Å². The second-order valence-electron chi connectivity index (χ2n) is 17.3. The molecular weight excluding hydrogens is 914 g/mol. The standard InChI is InChI=1S/C64H39Ge2/c65-59-35-11-9-24-48(59)45-23-8-7-22-44(45)46-28-15-32-52-57(46)39-58-47(49-34-17-37-61-62(49)54-25-10-12-36-60(54)66-61)29-16-33-53(58)64(52)63-50-30-13-26-42(40-18-3-1-4-19-40)55(50)38-56-43(27-14-31-51(56)63)41-20-5-2-6-21-41/h1-39H. The Bertz CT molecular complexity index is 3810. The van der Waals surface area contributed by atoms with Crippen LogP contribution < -0.4 is 13.2 Å². The third-order valence-corrected chi connectivity index (χ3v) is 17.6. The number of fused-ring (bicyclic) bond motifs is 7. The molecule has 0 spiro atoms. The van der Waals surface area contributed by atoms with E-state index in [1.165, 1.54) is 134 Å². The van der Waals surface area contributed by atoms with Crippen molar-refractivity contribution in [3.8, 4) is 77.9 Å². The monoisotopic (exact) mass is 955 g/mol. The van der Waals surface area contributed by atoms with Crippen molar-refractivity contribution in [1.82, 2.24) is 0 Å². The first-order valence-electron chi connectivity index (χ1n) is 22.7. The number of hydrogen-bond donors (Lipinski definition) is 0. The SMILES string of the molecule is [Ge][c]1ccccc1-c1ccccc1-c1cccc2c(-c3c4cccc(-c5ccccc5)c4cc4c(-c5ccccc5)cccc34)c3cccc(-c4ccc[c]5c4-c4cccc[c]4[Ge]5)c3cc12. The summed E-state index contributed by atoms with van der Waals surface area (Å²) >= 11 is 1.79. The Morgan fingerprint density at radius 3 is 1.14 bits per heavy atom. The van der Waals surface area contributed by atoms with Crippen LogP contribution in [0, 0.1) is 0 Å². The van der Waals surface area contributed by atoms with Crippen LogP contribution in [0.25, 0.3) is 121 Å². The third kappa shape index (κ3) is 6.27. The van der Waals surface area contributed by atoms with E-state index in [-0.39, 0.29) is 0 Å². The third-order valence-electron chi connectivity index (χ3n) is 13.8. The molecule has 0 saturated heterocycles. The van der Waals surface area contributed by atoms with Crippen molar-refractivity contribution in [3.05, 3.63) is 237 Å². The quantitative estimate of drug-likeness (QED) is 0.115. The fraction of sp³-hybridized carbons (Fsp3) is 0. The Morgan fingerprint density at radius 2 is 0.591 bits per heavy atom. The molecule has 13 rings (SSSR count). The summed E-state index contributed by atoms with van der Waals surface area (Å²) in [5.41, 5.74) is 17.8. The molecule has 1 heterocycles. The van der Waals surface area contributed by atoms with Gasteiger partial charge in [0.15, 0.2) is 0 Å². The van der Waals surface area contributed by atoms with Crippen LogP contribution in [-0.4, -0.2) is 31.9 Å². The molecule has 0 aromatic heterocycles. The van der Waals surface area contributed by atoms with Gasteiger partial charge in [-0.15, -0.1) is 0 Å². The molecule has 2 heteroatoms. The molecule has 1 aliphatic rings. The van der Waals surface area contributed by atoms with Crippen LogP contribution in [0.15, 0.2) is 237 Å². The van der Waals surface area contributed by atoms with Crippen molar-refractivity contribution >= 4 is 88.2 Å². The Hall–Kier alpha value is -7.23. The fourth-order valence-corrected chi connectivity index (χ4v) is 14.4. The Kier molecular flexibility index (Phi) is 9.51. The molecule has 0 nitrogen and oxygen atoms in total. The summed E-state index contributed by atoms with van der Waals surface area (Å²) in [4.78, 5) is 0. The first-order valence-corrected chi connectivity index (χ1v) is 25.8. The van der Waals surface area contributed by atoms with Gasteiger partial charge in [-0.25, -0.2) is 0 Å². The summed E-state index contributed by atoms with van der Waals surface area (Å²) in [6.45, 7) is 0. The van der Waals surface area contributed by atoms with Crippen LogP contribution in [-0.2, 0) is 0 Å². The average molecular weight is 953 g/mol. The van der Waals surface area contributed by atoms with Crippen molar-refractivity contribution in [2.75, 3.05) is 0 Å². The fourth-order valence-electron chi connectivity index (χ4n) is 10.9. The molecule has 0 fully saturated rings. The van der Waals surface area contributed by atoms with Gasteiger partial charge < -0.3 is 0 Å². The molecule has 0 atom stereocenters. The van der Waals surface area contributed by atoms with E-state index in [2.05, 4.69) is 253 Å². The van der Waals surface area contributed by atoms with E-state index in [1.54, 1.807) is 0 Å². The van der Waals surface area contributed by atoms with Crippen molar-refractivity contribution in [3.63, 3.8) is 0 Å². The van der Waals surface area contributed by atoms with Gasteiger partial charge in [0.05, 0.1) is 0 Å². The summed E-state index contributed by atoms with van der Waals surface area (Å²) in [5.74, 6) is 0. The van der Waals surface area contributed by atoms with Gasteiger partial charge in [0.2, 0.25) is 0 Å². The first kappa shape index (κ1) is 39.2. The number of benzene rings is 12. The van der Waals surface area contributed by atoms with Crippen LogP contribution >= 0.6 is 0 Å². The zero-order chi connectivity index (χ0) is 43.7. The molecule has 0 saturated carbocycles. The number of rotatable bonds is 6. The maximum atomic E-state index is 2.53. The van der Waals surface area contributed by atoms with Crippen molar-refractivity contribution in [1.29, 1.82) is 0 Å². The molecule has 0 unspecified atom stereocenters. The first-order chi connectivity index (χ1) is 32.7. The molecule has 303 valence electrons. The Morgan fingerprint density at radius 1 is 0.227 bits per heavy atom. The summed E-state index contributed by atoms with van der Waals surface area (Å²) in [6, 6.07) is 88.7. The molecule has 0 bridgehead atoms. The molecular formula is C64H39Ge2. The second kappa shape index (κ2) is 16.0. The molecule has 5 radical (unpaired) electrons. The topological polar surface area (TPSA) is 0 Å². The van der Waals surface area contributed by atoms with E-state index >= 15 is 0 Å². The molecule has 0 aliphatic carbocycles. The van der Waals surface area contributed by atoms with Gasteiger partial charge in [0.25, 0.3) is 0 Å². The van der Waals surface area contributed by atoms with Crippen LogP contribution in [0.5, 0.6) is 0 Å². The minimum absolute atomic E-state index is 0.441. The maximum absolute atomic E-state index is 2.53. The van der Waals surface area contributed by atoms with Gasteiger partial charge in [-0.3, -0.25) is 0 Å². The van der Waals surface area contributed by atoms with E-state index < -0.39 is 15.4 Å². The van der Waals surface area contributed by atoms with Gasteiger partial charge in [0.1, 0.15) is 0 Å². The van der Waals surface area contributed by atoms with E-state index in [1.807, 2.05) is 0 Å². The summed E-state index contributed by atoms with van der Waals surface area (Å²) in [6.07, 6.45) is 0. The summed E-state index contributed by atoms with van der Waals surface area (Å²) in [5, 5.41) is 10.0. The van der Waals surface area contributed by atoms with Crippen LogP contribution in [0.2, 0.25) is 0 Å². The van der Waals surface area contributed by atoms with Gasteiger partial charge in [0, 0.05) is 0 Å². The molecule has 1 aliphatic heterocycles. The Labute approximate surface area is 399 Å². The van der Waals surface area contributed by atoms with E-state index in [0.29, 0.717) is 0 Å². The molecule has 0 amide bonds. The predicted octanol–water partition coefficient (Wildman–Crippen LogP) is 14.7. The van der Waals surface area contributed by atoms with Crippen LogP contribution in [0.1, 0.15) is 0 Å². The molecule has 0 N–H and O–H groups in total. The van der Waals surface area contributed by atoms with Gasteiger partial charge in [-0.05, 0) is 0 Å². The molecule has 12 aromatic rings. The second-order valence-corrected chi connectivity index (χ2v) is 21.2. The zero-order valence-electron chi connectivity index (χ0n) is 36.0. The van der Waals surface area contributed by atoms with Crippen LogP contribution in [0.3, 0.4) is 0 Å². The predicted molar refractivity (Wildman–Crippen MR) is 285 cm³/mol. The van der Waals surface area contributed by atoms with E-state index in [9.17, 15) is 0 Å². The normalized spacial score (nSPS) is 12.0. The van der Waals surface area contributed by atoms with E-state index in [0.717, 1.165) is 0 Å². The van der Waals surface area contributed by atoms with E-state index in [4.69, 9.17) is 0 Å². The van der Waals surface area contributed by atoms with Gasteiger partial charge >= 0.3 is 342 Å². The zero-order valence-corrected chi connectivity index (χ0v) is 40.2. The van der Waals surface area contributed by atoms with Crippen molar-refractivity contribution in [2.45, 2.75) is 0 Å². The molecule has 66 heavy (non-hydrogen) atoms.